The van der Waals surface area contributed by atoms with E-state index in [0.29, 0.717) is 12.5 Å². The summed E-state index contributed by atoms with van der Waals surface area (Å²) in [6.07, 6.45) is 5.19. The summed E-state index contributed by atoms with van der Waals surface area (Å²) in [4.78, 5) is 9.08. The number of aryl methyl sites for hydroxylation is 1. The summed E-state index contributed by atoms with van der Waals surface area (Å²) >= 11 is 9.29. The molecule has 1 aliphatic rings. The lowest BCUT2D eigenvalue weighted by atomic mass is 10.4. The Morgan fingerprint density at radius 3 is 3.05 bits per heavy atom. The van der Waals surface area contributed by atoms with E-state index in [-0.39, 0.29) is 0 Å². The minimum Gasteiger partial charge on any atom is -0.379 e. The lowest BCUT2D eigenvalue weighted by Gasteiger charge is -2.08. The molecular formula is C14H17BrClN3O. The fourth-order valence-corrected chi connectivity index (χ4v) is 2.72. The predicted molar refractivity (Wildman–Crippen MR) is 83.2 cm³/mol. The highest BCUT2D eigenvalue weighted by molar-refractivity contribution is 9.10. The smallest absolute Gasteiger partial charge is 0.160 e. The van der Waals surface area contributed by atoms with Gasteiger partial charge in [0, 0.05) is 36.1 Å². The largest absolute Gasteiger partial charge is 0.379 e. The van der Waals surface area contributed by atoms with Crippen LogP contribution in [0, 0.1) is 5.92 Å². The maximum absolute atomic E-state index is 5.86. The highest BCUT2D eigenvalue weighted by Crippen LogP contribution is 2.28. The van der Waals surface area contributed by atoms with Crippen LogP contribution in [0.1, 0.15) is 18.7 Å². The Kier molecular flexibility index (Phi) is 4.58. The summed E-state index contributed by atoms with van der Waals surface area (Å²) in [5.74, 6) is 2.34. The first kappa shape index (κ1) is 14.3. The van der Waals surface area contributed by atoms with Gasteiger partial charge in [-0.3, -0.25) is 0 Å². The molecule has 0 spiro atoms. The van der Waals surface area contributed by atoms with E-state index in [1.54, 1.807) is 6.20 Å². The van der Waals surface area contributed by atoms with Crippen LogP contribution in [0.2, 0.25) is 0 Å². The molecule has 1 aliphatic carbocycles. The highest BCUT2D eigenvalue weighted by Gasteiger charge is 2.21. The van der Waals surface area contributed by atoms with Crippen molar-refractivity contribution in [3.8, 4) is 0 Å². The van der Waals surface area contributed by atoms with Crippen molar-refractivity contribution in [2.24, 2.45) is 5.92 Å². The maximum Gasteiger partial charge on any atom is 0.160 e. The number of hydrogen-bond acceptors (Lipinski definition) is 3. The Labute approximate surface area is 131 Å². The van der Waals surface area contributed by atoms with E-state index >= 15 is 0 Å². The maximum atomic E-state index is 5.86. The Morgan fingerprint density at radius 1 is 1.45 bits per heavy atom. The highest BCUT2D eigenvalue weighted by atomic mass is 79.9. The van der Waals surface area contributed by atoms with Crippen LogP contribution in [0.25, 0.3) is 11.2 Å². The zero-order chi connectivity index (χ0) is 13.9. The Hall–Kier alpha value is -0.650. The minimum absolute atomic E-state index is 0.563. The number of ether oxygens (including phenoxy) is 1. The number of aromatic nitrogens is 3. The van der Waals surface area contributed by atoms with Gasteiger partial charge in [0.25, 0.3) is 0 Å². The van der Waals surface area contributed by atoms with Crippen molar-refractivity contribution >= 4 is 38.7 Å². The fraction of sp³-hybridized carbons (Fsp3) is 0.571. The molecule has 1 saturated carbocycles. The molecule has 2 heterocycles. The van der Waals surface area contributed by atoms with Crippen molar-refractivity contribution in [2.45, 2.75) is 25.8 Å². The van der Waals surface area contributed by atoms with Gasteiger partial charge in [-0.05, 0) is 40.8 Å². The van der Waals surface area contributed by atoms with Gasteiger partial charge in [0.15, 0.2) is 5.65 Å². The number of halogens is 2. The Balaban J connectivity index is 1.76. The number of pyridine rings is 1. The quantitative estimate of drug-likeness (QED) is 0.562. The van der Waals surface area contributed by atoms with Gasteiger partial charge >= 0.3 is 0 Å². The SMILES string of the molecule is ClCCc1nc2cc(Br)cnc2n1CCOCC1CC1. The summed E-state index contributed by atoms with van der Waals surface area (Å²) in [6, 6.07) is 1.99. The zero-order valence-electron chi connectivity index (χ0n) is 11.2. The molecule has 0 saturated heterocycles. The van der Waals surface area contributed by atoms with Crippen LogP contribution >= 0.6 is 27.5 Å². The number of fused-ring (bicyclic) bond motifs is 1. The number of rotatable bonds is 7. The summed E-state index contributed by atoms with van der Waals surface area (Å²) in [6.45, 7) is 2.37. The van der Waals surface area contributed by atoms with Crippen molar-refractivity contribution in [3.63, 3.8) is 0 Å². The molecule has 4 nitrogen and oxygen atoms in total. The van der Waals surface area contributed by atoms with E-state index in [9.17, 15) is 0 Å². The molecule has 0 unspecified atom stereocenters. The van der Waals surface area contributed by atoms with Gasteiger partial charge in [0.1, 0.15) is 11.3 Å². The third kappa shape index (κ3) is 3.32. The van der Waals surface area contributed by atoms with E-state index < -0.39 is 0 Å². The van der Waals surface area contributed by atoms with Gasteiger partial charge in [-0.15, -0.1) is 11.6 Å². The number of alkyl halides is 1. The second-order valence-electron chi connectivity index (χ2n) is 5.13. The standard InChI is InChI=1S/C14H17BrClN3O/c15-11-7-12-14(17-8-11)19(13(18-12)3-4-16)5-6-20-9-10-1-2-10/h7-8,10H,1-6,9H2. The molecule has 2 aromatic heterocycles. The zero-order valence-corrected chi connectivity index (χ0v) is 13.5. The summed E-state index contributed by atoms with van der Waals surface area (Å²) in [5, 5.41) is 0. The summed E-state index contributed by atoms with van der Waals surface area (Å²) in [7, 11) is 0. The molecule has 20 heavy (non-hydrogen) atoms. The Bertz CT molecular complexity index is 597. The molecular weight excluding hydrogens is 342 g/mol. The van der Waals surface area contributed by atoms with Crippen LogP contribution in [0.5, 0.6) is 0 Å². The average molecular weight is 359 g/mol. The van der Waals surface area contributed by atoms with Crippen molar-refractivity contribution < 1.29 is 4.74 Å². The normalized spacial score (nSPS) is 15.1. The van der Waals surface area contributed by atoms with Gasteiger partial charge in [0.2, 0.25) is 0 Å². The second-order valence-corrected chi connectivity index (χ2v) is 6.43. The van der Waals surface area contributed by atoms with Crippen LogP contribution in [0.15, 0.2) is 16.7 Å². The van der Waals surface area contributed by atoms with Crippen LogP contribution < -0.4 is 0 Å². The van der Waals surface area contributed by atoms with E-state index in [1.807, 2.05) is 6.07 Å². The lowest BCUT2D eigenvalue weighted by Crippen LogP contribution is -2.11. The van der Waals surface area contributed by atoms with Crippen LogP contribution in [0.4, 0.5) is 0 Å². The van der Waals surface area contributed by atoms with Crippen molar-refractivity contribution in [3.05, 3.63) is 22.6 Å². The molecule has 0 amide bonds. The first-order valence-electron chi connectivity index (χ1n) is 6.92. The van der Waals surface area contributed by atoms with Crippen LogP contribution in [-0.2, 0) is 17.7 Å². The first-order valence-corrected chi connectivity index (χ1v) is 8.25. The lowest BCUT2D eigenvalue weighted by molar-refractivity contribution is 0.117. The number of nitrogens with zero attached hydrogens (tertiary/aromatic N) is 3. The van der Waals surface area contributed by atoms with Gasteiger partial charge in [-0.2, -0.15) is 0 Å². The molecule has 6 heteroatoms. The number of hydrogen-bond donors (Lipinski definition) is 0. The second kappa shape index (κ2) is 6.41. The fourth-order valence-electron chi connectivity index (χ4n) is 2.23. The molecule has 1 fully saturated rings. The molecule has 108 valence electrons. The average Bonchev–Trinajstić information content (AvgIpc) is 3.19. The monoisotopic (exact) mass is 357 g/mol. The third-order valence-electron chi connectivity index (χ3n) is 3.46. The summed E-state index contributed by atoms with van der Waals surface area (Å²) in [5.41, 5.74) is 1.81. The molecule has 0 N–H and O–H groups in total. The molecule has 0 radical (unpaired) electrons. The third-order valence-corrected chi connectivity index (χ3v) is 4.08. The molecule has 3 rings (SSSR count). The molecule has 0 atom stereocenters. The molecule has 2 aromatic rings. The van der Waals surface area contributed by atoms with Crippen LogP contribution in [-0.4, -0.2) is 33.6 Å². The molecule has 0 bridgehead atoms. The van der Waals surface area contributed by atoms with Crippen molar-refractivity contribution in [1.82, 2.24) is 14.5 Å². The predicted octanol–water partition coefficient (Wildman–Crippen LogP) is 3.40. The van der Waals surface area contributed by atoms with E-state index in [2.05, 4.69) is 30.5 Å². The Morgan fingerprint density at radius 2 is 2.30 bits per heavy atom. The molecule has 0 aromatic carbocycles. The number of imidazole rings is 1. The van der Waals surface area contributed by atoms with Gasteiger partial charge in [-0.1, -0.05) is 0 Å². The van der Waals surface area contributed by atoms with Gasteiger partial charge in [0.05, 0.1) is 6.61 Å². The first-order chi connectivity index (χ1) is 9.78. The van der Waals surface area contributed by atoms with Crippen molar-refractivity contribution in [1.29, 1.82) is 0 Å². The van der Waals surface area contributed by atoms with Gasteiger partial charge < -0.3 is 9.30 Å². The van der Waals surface area contributed by atoms with E-state index in [1.165, 1.54) is 12.8 Å². The van der Waals surface area contributed by atoms with E-state index in [4.69, 9.17) is 16.3 Å². The molecule has 0 aliphatic heterocycles. The topological polar surface area (TPSA) is 39.9 Å². The minimum atomic E-state index is 0.563. The summed E-state index contributed by atoms with van der Waals surface area (Å²) < 4.78 is 8.78. The van der Waals surface area contributed by atoms with Crippen LogP contribution in [0.3, 0.4) is 0 Å². The van der Waals surface area contributed by atoms with Gasteiger partial charge in [-0.25, -0.2) is 9.97 Å². The van der Waals surface area contributed by atoms with Crippen molar-refractivity contribution in [2.75, 3.05) is 19.1 Å². The van der Waals surface area contributed by atoms with E-state index in [0.717, 1.165) is 47.0 Å².